The second-order valence-electron chi connectivity index (χ2n) is 9.06. The van der Waals surface area contributed by atoms with Gasteiger partial charge in [-0.2, -0.15) is 0 Å². The highest BCUT2D eigenvalue weighted by Crippen LogP contribution is 2.25. The van der Waals surface area contributed by atoms with Crippen molar-refractivity contribution in [3.8, 4) is 0 Å². The van der Waals surface area contributed by atoms with E-state index in [1.54, 1.807) is 0 Å². The Kier molecular flexibility index (Phi) is 11.4. The molecule has 158 valence electrons. The van der Waals surface area contributed by atoms with Gasteiger partial charge in [-0.05, 0) is 48.0 Å². The smallest absolute Gasteiger partial charge is 0.315 e. The molecule has 0 rings (SSSR count). The Morgan fingerprint density at radius 2 is 1.70 bits per heavy atom. The molecule has 3 N–H and O–H groups in total. The van der Waals surface area contributed by atoms with Crippen LogP contribution in [0, 0.1) is 10.8 Å². The van der Waals surface area contributed by atoms with Gasteiger partial charge in [-0.1, -0.05) is 60.6 Å². The van der Waals surface area contributed by atoms with Crippen LogP contribution in [-0.2, 0) is 0 Å². The largest absolute Gasteiger partial charge is 0.335 e. The molecule has 0 heterocycles. The minimum atomic E-state index is -0.0987. The van der Waals surface area contributed by atoms with Gasteiger partial charge in [0.05, 0.1) is 0 Å². The lowest BCUT2D eigenvalue weighted by Gasteiger charge is -2.36. The van der Waals surface area contributed by atoms with E-state index in [0.717, 1.165) is 24.3 Å². The summed E-state index contributed by atoms with van der Waals surface area (Å²) >= 11 is 4.59. The predicted molar refractivity (Wildman–Crippen MR) is 122 cm³/mol. The number of allylic oxidation sites excluding steroid dienone is 2. The van der Waals surface area contributed by atoms with E-state index in [1.807, 2.05) is 19.9 Å². The van der Waals surface area contributed by atoms with E-state index >= 15 is 0 Å². The summed E-state index contributed by atoms with van der Waals surface area (Å²) in [6.07, 6.45) is 6.04. The zero-order valence-electron chi connectivity index (χ0n) is 19.0. The van der Waals surface area contributed by atoms with E-state index in [0.29, 0.717) is 6.54 Å². The summed E-state index contributed by atoms with van der Waals surface area (Å²) < 4.78 is 0. The zero-order chi connectivity index (χ0) is 21.3. The maximum absolute atomic E-state index is 12.5. The number of rotatable bonds is 10. The maximum atomic E-state index is 12.5. The quantitative estimate of drug-likeness (QED) is 0.299. The second-order valence-corrected chi connectivity index (χ2v) is 9.60. The van der Waals surface area contributed by atoms with Crippen LogP contribution in [0.1, 0.15) is 75.2 Å². The Balaban J connectivity index is 5.01. The van der Waals surface area contributed by atoms with Crippen molar-refractivity contribution in [3.05, 3.63) is 22.6 Å². The fourth-order valence-corrected chi connectivity index (χ4v) is 2.57. The monoisotopic (exact) mass is 397 g/mol. The fourth-order valence-electron chi connectivity index (χ4n) is 2.42. The van der Waals surface area contributed by atoms with Crippen LogP contribution in [0.15, 0.2) is 22.6 Å². The lowest BCUT2D eigenvalue weighted by atomic mass is 9.81. The van der Waals surface area contributed by atoms with Crippen LogP contribution in [0.5, 0.6) is 0 Å². The van der Waals surface area contributed by atoms with Gasteiger partial charge in [0.25, 0.3) is 0 Å². The molecule has 0 aromatic heterocycles. The highest BCUT2D eigenvalue weighted by molar-refractivity contribution is 7.84. The molecule has 0 aliphatic carbocycles. The summed E-state index contributed by atoms with van der Waals surface area (Å²) in [6.45, 7) is 20.6. The van der Waals surface area contributed by atoms with Gasteiger partial charge in [-0.15, -0.1) is 12.6 Å². The second kappa shape index (κ2) is 11.8. The molecule has 0 aromatic rings. The van der Waals surface area contributed by atoms with Gasteiger partial charge in [0.15, 0.2) is 0 Å². The molecule has 27 heavy (non-hydrogen) atoms. The predicted octanol–water partition coefficient (Wildman–Crippen LogP) is 5.28. The summed E-state index contributed by atoms with van der Waals surface area (Å²) in [5, 5.41) is 9.79. The van der Waals surface area contributed by atoms with Gasteiger partial charge < -0.3 is 16.0 Å². The van der Waals surface area contributed by atoms with Crippen molar-refractivity contribution in [2.24, 2.45) is 10.8 Å². The first-order valence-corrected chi connectivity index (χ1v) is 10.6. The SMILES string of the molecule is C/C=C\C(CNCC(NC(=O)NC(C)C(C)(C)C)C(C)(C)CC)=C(\S)CC. The highest BCUT2D eigenvalue weighted by atomic mass is 32.1. The van der Waals surface area contributed by atoms with Crippen LogP contribution >= 0.6 is 12.6 Å². The molecule has 5 heteroatoms. The Labute approximate surface area is 173 Å². The first-order valence-electron chi connectivity index (χ1n) is 10.2. The Morgan fingerprint density at radius 3 is 2.15 bits per heavy atom. The topological polar surface area (TPSA) is 53.2 Å². The first-order chi connectivity index (χ1) is 12.4. The molecule has 0 spiro atoms. The lowest BCUT2D eigenvalue weighted by Crippen LogP contribution is -2.56. The van der Waals surface area contributed by atoms with Crippen LogP contribution < -0.4 is 16.0 Å². The average Bonchev–Trinajstić information content (AvgIpc) is 2.58. The number of thiol groups is 1. The summed E-state index contributed by atoms with van der Waals surface area (Å²) in [6, 6.07) is 0.0290. The molecule has 2 atom stereocenters. The molecular weight excluding hydrogens is 354 g/mol. The fraction of sp³-hybridized carbons (Fsp3) is 0.773. The van der Waals surface area contributed by atoms with Crippen molar-refractivity contribution in [2.75, 3.05) is 13.1 Å². The summed E-state index contributed by atoms with van der Waals surface area (Å²) in [4.78, 5) is 13.6. The van der Waals surface area contributed by atoms with Crippen molar-refractivity contribution in [1.82, 2.24) is 16.0 Å². The molecule has 0 saturated carbocycles. The molecule has 0 aliphatic rings. The van der Waals surface area contributed by atoms with E-state index in [2.05, 4.69) is 83.1 Å². The highest BCUT2D eigenvalue weighted by Gasteiger charge is 2.30. The Morgan fingerprint density at radius 1 is 1.11 bits per heavy atom. The molecule has 0 fully saturated rings. The zero-order valence-corrected chi connectivity index (χ0v) is 19.9. The standard InChI is InChI=1S/C22H43N3OS/c1-10-13-17(18(27)11-2)14-23-15-19(22(8,9)12-3)25-20(26)24-16(4)21(5,6)7/h10,13,16,19,23,27H,11-12,14-15H2,1-9H3,(H2,24,25,26)/b13-10-,18-17-. The molecule has 0 aliphatic heterocycles. The average molecular weight is 398 g/mol. The molecule has 2 unspecified atom stereocenters. The van der Waals surface area contributed by atoms with Gasteiger partial charge in [0, 0.05) is 25.2 Å². The normalized spacial score (nSPS) is 16.1. The molecule has 0 bridgehead atoms. The number of urea groups is 1. The van der Waals surface area contributed by atoms with Crippen molar-refractivity contribution in [1.29, 1.82) is 0 Å². The van der Waals surface area contributed by atoms with E-state index in [4.69, 9.17) is 0 Å². The van der Waals surface area contributed by atoms with Gasteiger partial charge in [0.1, 0.15) is 0 Å². The van der Waals surface area contributed by atoms with Gasteiger partial charge in [-0.25, -0.2) is 4.79 Å². The lowest BCUT2D eigenvalue weighted by molar-refractivity contribution is 0.193. The van der Waals surface area contributed by atoms with Crippen LogP contribution in [0.2, 0.25) is 0 Å². The summed E-state index contributed by atoms with van der Waals surface area (Å²) in [5.41, 5.74) is 1.22. The van der Waals surface area contributed by atoms with Crippen molar-refractivity contribution < 1.29 is 4.79 Å². The first kappa shape index (κ1) is 26.1. The van der Waals surface area contributed by atoms with Crippen molar-refractivity contribution in [2.45, 2.75) is 87.2 Å². The molecule has 4 nitrogen and oxygen atoms in total. The van der Waals surface area contributed by atoms with Crippen molar-refractivity contribution >= 4 is 18.7 Å². The van der Waals surface area contributed by atoms with E-state index < -0.39 is 0 Å². The minimum absolute atomic E-state index is 0.00562. The molecule has 2 amide bonds. The third-order valence-corrected chi connectivity index (χ3v) is 6.15. The Hall–Kier alpha value is -0.940. The third-order valence-electron chi connectivity index (χ3n) is 5.54. The van der Waals surface area contributed by atoms with Crippen LogP contribution in [-0.4, -0.2) is 31.2 Å². The number of hydrogen-bond acceptors (Lipinski definition) is 3. The number of carbonyl (C=O) groups excluding carboxylic acids is 1. The molecule has 0 radical (unpaired) electrons. The molecule has 0 aromatic carbocycles. The number of amides is 2. The minimum Gasteiger partial charge on any atom is -0.335 e. The maximum Gasteiger partial charge on any atom is 0.315 e. The van der Waals surface area contributed by atoms with Crippen molar-refractivity contribution in [3.63, 3.8) is 0 Å². The van der Waals surface area contributed by atoms with E-state index in [9.17, 15) is 4.79 Å². The van der Waals surface area contributed by atoms with Crippen LogP contribution in [0.25, 0.3) is 0 Å². The Bertz CT molecular complexity index is 518. The van der Waals surface area contributed by atoms with Crippen LogP contribution in [0.3, 0.4) is 0 Å². The summed E-state index contributed by atoms with van der Waals surface area (Å²) in [7, 11) is 0. The third kappa shape index (κ3) is 9.70. The van der Waals surface area contributed by atoms with E-state index in [1.165, 1.54) is 5.57 Å². The molecular formula is C22H43N3OS. The van der Waals surface area contributed by atoms with E-state index in [-0.39, 0.29) is 28.9 Å². The summed E-state index contributed by atoms with van der Waals surface area (Å²) in [5.74, 6) is 0. The number of hydrogen-bond donors (Lipinski definition) is 4. The van der Waals surface area contributed by atoms with Gasteiger partial charge >= 0.3 is 6.03 Å². The van der Waals surface area contributed by atoms with Gasteiger partial charge in [0.2, 0.25) is 0 Å². The van der Waals surface area contributed by atoms with Gasteiger partial charge in [-0.3, -0.25) is 0 Å². The number of nitrogens with one attached hydrogen (secondary N) is 3. The molecule has 0 saturated heterocycles. The van der Waals surface area contributed by atoms with Crippen LogP contribution in [0.4, 0.5) is 4.79 Å². The number of carbonyl (C=O) groups is 1.